The Hall–Kier alpha value is -2.31. The molecule has 0 aromatic heterocycles. The molecule has 1 aliphatic carbocycles. The highest BCUT2D eigenvalue weighted by atomic mass is 19.1. The molecule has 0 bridgehead atoms. The van der Waals surface area contributed by atoms with E-state index in [2.05, 4.69) is 12.1 Å². The van der Waals surface area contributed by atoms with Crippen LogP contribution >= 0.6 is 0 Å². The van der Waals surface area contributed by atoms with Gasteiger partial charge in [-0.25, -0.2) is 4.39 Å². The molecular weight excluding hydrogens is 311 g/mol. The summed E-state index contributed by atoms with van der Waals surface area (Å²) in [5.41, 5.74) is 2.65. The molecule has 2 aromatic rings. The minimum absolute atomic E-state index is 0.0206. The minimum Gasteiger partial charge on any atom is -0.395 e. The number of rotatable bonds is 6. The van der Waals surface area contributed by atoms with E-state index >= 15 is 0 Å². The van der Waals surface area contributed by atoms with Crippen molar-refractivity contribution in [3.63, 3.8) is 0 Å². The molecule has 0 fully saturated rings. The number of nitro benzene ring substituents is 1. The number of benzene rings is 2. The van der Waals surface area contributed by atoms with Gasteiger partial charge in [0.05, 0.1) is 17.6 Å². The van der Waals surface area contributed by atoms with Crippen LogP contribution in [0.25, 0.3) is 0 Å². The molecule has 6 heteroatoms. The Morgan fingerprint density at radius 3 is 2.79 bits per heavy atom. The van der Waals surface area contributed by atoms with Crippen molar-refractivity contribution in [2.75, 3.05) is 13.2 Å². The van der Waals surface area contributed by atoms with Crippen LogP contribution in [0.3, 0.4) is 0 Å². The van der Waals surface area contributed by atoms with Gasteiger partial charge < -0.3 is 5.11 Å². The van der Waals surface area contributed by atoms with Gasteiger partial charge in [-0.2, -0.15) is 0 Å². The highest BCUT2D eigenvalue weighted by molar-refractivity contribution is 5.36. The Morgan fingerprint density at radius 1 is 1.29 bits per heavy atom. The second-order valence-corrected chi connectivity index (χ2v) is 5.98. The first-order valence-corrected chi connectivity index (χ1v) is 7.95. The Morgan fingerprint density at radius 2 is 2.08 bits per heavy atom. The Labute approximate surface area is 139 Å². The second kappa shape index (κ2) is 7.07. The first-order valence-electron chi connectivity index (χ1n) is 7.95. The molecule has 1 unspecified atom stereocenters. The largest absolute Gasteiger partial charge is 0.395 e. The summed E-state index contributed by atoms with van der Waals surface area (Å²) in [6.45, 7) is 0.714. The number of fused-ring (bicyclic) bond motifs is 1. The maximum atomic E-state index is 14.2. The van der Waals surface area contributed by atoms with Crippen LogP contribution < -0.4 is 0 Å². The standard InChI is InChI=1S/C18H19FN2O3/c19-17-11-15(21(23)24)7-5-14(17)12-20(9-10-22)18-8-6-13-3-1-2-4-16(13)18/h1-5,7,11,18,22H,6,8-10,12H2. The van der Waals surface area contributed by atoms with Gasteiger partial charge in [-0.15, -0.1) is 0 Å². The Balaban J connectivity index is 1.84. The molecule has 3 rings (SSSR count). The monoisotopic (exact) mass is 330 g/mol. The first kappa shape index (κ1) is 16.5. The Kier molecular flexibility index (Phi) is 4.87. The zero-order valence-electron chi connectivity index (χ0n) is 13.2. The second-order valence-electron chi connectivity index (χ2n) is 5.98. The van der Waals surface area contributed by atoms with Crippen LogP contribution in [-0.4, -0.2) is 28.1 Å². The fraction of sp³-hybridized carbons (Fsp3) is 0.333. The van der Waals surface area contributed by atoms with Gasteiger partial charge >= 0.3 is 0 Å². The van der Waals surface area contributed by atoms with Crippen LogP contribution in [0, 0.1) is 15.9 Å². The summed E-state index contributed by atoms with van der Waals surface area (Å²) in [6.07, 6.45) is 1.89. The van der Waals surface area contributed by atoms with E-state index in [-0.39, 0.29) is 18.3 Å². The molecule has 0 saturated carbocycles. The van der Waals surface area contributed by atoms with Gasteiger partial charge in [0.15, 0.2) is 0 Å². The third kappa shape index (κ3) is 3.29. The summed E-state index contributed by atoms with van der Waals surface area (Å²) >= 11 is 0. The summed E-state index contributed by atoms with van der Waals surface area (Å²) in [5, 5.41) is 20.1. The lowest BCUT2D eigenvalue weighted by atomic mass is 10.1. The van der Waals surface area contributed by atoms with Crippen molar-refractivity contribution in [2.24, 2.45) is 0 Å². The van der Waals surface area contributed by atoms with Crippen molar-refractivity contribution in [3.05, 3.63) is 75.1 Å². The van der Waals surface area contributed by atoms with Crippen LogP contribution in [0.15, 0.2) is 42.5 Å². The maximum Gasteiger partial charge on any atom is 0.272 e. The van der Waals surface area contributed by atoms with E-state index in [1.807, 2.05) is 17.0 Å². The zero-order chi connectivity index (χ0) is 17.1. The highest BCUT2D eigenvalue weighted by Gasteiger charge is 2.28. The van der Waals surface area contributed by atoms with Crippen molar-refractivity contribution < 1.29 is 14.4 Å². The average Bonchev–Trinajstić information content (AvgIpc) is 3.00. The fourth-order valence-corrected chi connectivity index (χ4v) is 3.38. The molecule has 126 valence electrons. The van der Waals surface area contributed by atoms with Crippen LogP contribution in [0.2, 0.25) is 0 Å². The molecule has 0 spiro atoms. The number of aliphatic hydroxyl groups excluding tert-OH is 1. The number of non-ortho nitro benzene ring substituents is 1. The molecule has 0 heterocycles. The number of hydrogen-bond donors (Lipinski definition) is 1. The van der Waals surface area contributed by atoms with Crippen LogP contribution in [0.1, 0.15) is 29.2 Å². The molecule has 24 heavy (non-hydrogen) atoms. The quantitative estimate of drug-likeness (QED) is 0.652. The lowest BCUT2D eigenvalue weighted by Gasteiger charge is -2.29. The van der Waals surface area contributed by atoms with Gasteiger partial charge in [-0.3, -0.25) is 15.0 Å². The molecule has 1 N–H and O–H groups in total. The normalized spacial score (nSPS) is 16.4. The molecule has 2 aromatic carbocycles. The van der Waals surface area contributed by atoms with Crippen molar-refractivity contribution in [2.45, 2.75) is 25.4 Å². The lowest BCUT2D eigenvalue weighted by Crippen LogP contribution is -2.30. The zero-order valence-corrected chi connectivity index (χ0v) is 13.2. The number of nitrogens with zero attached hydrogens (tertiary/aromatic N) is 2. The molecule has 0 aliphatic heterocycles. The van der Waals surface area contributed by atoms with Gasteiger partial charge in [0.2, 0.25) is 0 Å². The van der Waals surface area contributed by atoms with Crippen LogP contribution in [0.5, 0.6) is 0 Å². The van der Waals surface area contributed by atoms with Crippen molar-refractivity contribution in [1.82, 2.24) is 4.90 Å². The number of aliphatic hydroxyl groups is 1. The molecular formula is C18H19FN2O3. The van der Waals surface area contributed by atoms with Crippen LogP contribution in [-0.2, 0) is 13.0 Å². The van der Waals surface area contributed by atoms with Gasteiger partial charge in [0, 0.05) is 30.8 Å². The predicted octanol–water partition coefficient (Wildman–Crippen LogP) is 3.22. The van der Waals surface area contributed by atoms with Crippen molar-refractivity contribution >= 4 is 5.69 Å². The van der Waals surface area contributed by atoms with E-state index in [4.69, 9.17) is 0 Å². The lowest BCUT2D eigenvalue weighted by molar-refractivity contribution is -0.385. The first-order chi connectivity index (χ1) is 11.6. The number of hydrogen-bond acceptors (Lipinski definition) is 4. The summed E-state index contributed by atoms with van der Waals surface area (Å²) in [7, 11) is 0. The third-order valence-corrected chi connectivity index (χ3v) is 4.55. The van der Waals surface area contributed by atoms with E-state index in [9.17, 15) is 19.6 Å². The molecule has 0 amide bonds. The molecule has 1 aliphatic rings. The topological polar surface area (TPSA) is 66.6 Å². The molecule has 1 atom stereocenters. The van der Waals surface area contributed by atoms with E-state index in [0.29, 0.717) is 18.7 Å². The van der Waals surface area contributed by atoms with Crippen molar-refractivity contribution in [3.8, 4) is 0 Å². The minimum atomic E-state index is -0.606. The number of aryl methyl sites for hydroxylation is 1. The predicted molar refractivity (Wildman–Crippen MR) is 88.1 cm³/mol. The fourth-order valence-electron chi connectivity index (χ4n) is 3.38. The third-order valence-electron chi connectivity index (χ3n) is 4.55. The van der Waals surface area contributed by atoms with Crippen LogP contribution in [0.4, 0.5) is 10.1 Å². The number of halogens is 1. The van der Waals surface area contributed by atoms with E-state index in [1.165, 1.54) is 23.3 Å². The molecule has 0 saturated heterocycles. The Bertz CT molecular complexity index is 751. The number of nitro groups is 1. The molecule has 0 radical (unpaired) electrons. The van der Waals surface area contributed by atoms with E-state index in [0.717, 1.165) is 18.9 Å². The van der Waals surface area contributed by atoms with Gasteiger partial charge in [0.25, 0.3) is 5.69 Å². The summed E-state index contributed by atoms with van der Waals surface area (Å²) in [5.74, 6) is -0.585. The molecule has 5 nitrogen and oxygen atoms in total. The SMILES string of the molecule is O=[N+]([O-])c1ccc(CN(CCO)C2CCc3ccccc32)c(F)c1. The summed E-state index contributed by atoms with van der Waals surface area (Å²) in [6, 6.07) is 12.0. The van der Waals surface area contributed by atoms with E-state index < -0.39 is 10.7 Å². The van der Waals surface area contributed by atoms with E-state index in [1.54, 1.807) is 0 Å². The highest BCUT2D eigenvalue weighted by Crippen LogP contribution is 2.36. The van der Waals surface area contributed by atoms with Gasteiger partial charge in [-0.05, 0) is 30.0 Å². The smallest absolute Gasteiger partial charge is 0.272 e. The van der Waals surface area contributed by atoms with Gasteiger partial charge in [0.1, 0.15) is 5.82 Å². The summed E-state index contributed by atoms with van der Waals surface area (Å²) in [4.78, 5) is 12.2. The van der Waals surface area contributed by atoms with Crippen molar-refractivity contribution in [1.29, 1.82) is 0 Å². The average molecular weight is 330 g/mol. The maximum absolute atomic E-state index is 14.2. The van der Waals surface area contributed by atoms with Gasteiger partial charge in [-0.1, -0.05) is 24.3 Å². The summed E-state index contributed by atoms with van der Waals surface area (Å²) < 4.78 is 14.2.